The topological polar surface area (TPSA) is 88.8 Å². The Morgan fingerprint density at radius 1 is 1.67 bits per heavy atom. The van der Waals surface area contributed by atoms with Crippen LogP contribution in [-0.4, -0.2) is 15.3 Å². The number of hydrogen-bond donors (Lipinski definition) is 2. The molecule has 0 aliphatic heterocycles. The maximum atomic E-state index is 7.05. The average Bonchev–Trinajstić information content (AvgIpc) is 2.85. The zero-order chi connectivity index (χ0) is 10.7. The first-order valence-electron chi connectivity index (χ1n) is 4.07. The van der Waals surface area contributed by atoms with Gasteiger partial charge in [-0.15, -0.1) is 0 Å². The highest BCUT2D eigenvalue weighted by atomic mass is 32.2. The van der Waals surface area contributed by atoms with Crippen LogP contribution in [-0.2, 0) is 5.75 Å². The fourth-order valence-electron chi connectivity index (χ4n) is 0.958. The van der Waals surface area contributed by atoms with Gasteiger partial charge >= 0.3 is 0 Å². The Morgan fingerprint density at radius 3 is 3.20 bits per heavy atom. The number of aromatic nitrogens is 2. The highest BCUT2D eigenvalue weighted by Gasteiger charge is 2.09. The van der Waals surface area contributed by atoms with Crippen LogP contribution >= 0.6 is 23.1 Å². The van der Waals surface area contributed by atoms with Crippen molar-refractivity contribution in [1.29, 1.82) is 5.41 Å². The summed E-state index contributed by atoms with van der Waals surface area (Å²) in [5, 5.41) is 14.8. The van der Waals surface area contributed by atoms with Gasteiger partial charge in [0, 0.05) is 5.38 Å². The second-order valence-corrected chi connectivity index (χ2v) is 4.48. The van der Waals surface area contributed by atoms with Crippen LogP contribution in [0.3, 0.4) is 0 Å². The first-order valence-corrected chi connectivity index (χ1v) is 6.00. The third kappa shape index (κ3) is 2.57. The van der Waals surface area contributed by atoms with Gasteiger partial charge in [0.15, 0.2) is 11.0 Å². The molecule has 0 aliphatic carbocycles. The van der Waals surface area contributed by atoms with Crippen LogP contribution in [0.4, 0.5) is 0 Å². The molecule has 7 heteroatoms. The molecule has 15 heavy (non-hydrogen) atoms. The number of amidine groups is 1. The number of nitrogens with zero attached hydrogens (tertiary/aromatic N) is 2. The molecular formula is C8H8N4OS2. The van der Waals surface area contributed by atoms with Crippen LogP contribution in [0, 0.1) is 5.41 Å². The summed E-state index contributed by atoms with van der Waals surface area (Å²) in [6, 6.07) is 1.92. The molecule has 0 aliphatic rings. The Morgan fingerprint density at radius 2 is 2.53 bits per heavy atom. The maximum Gasteiger partial charge on any atom is 0.258 e. The lowest BCUT2D eigenvalue weighted by molar-refractivity contribution is 0.425. The predicted molar refractivity (Wildman–Crippen MR) is 60.8 cm³/mol. The van der Waals surface area contributed by atoms with Crippen LogP contribution in [0.25, 0.3) is 11.5 Å². The van der Waals surface area contributed by atoms with Crippen LogP contribution in [0.5, 0.6) is 0 Å². The van der Waals surface area contributed by atoms with E-state index in [-0.39, 0.29) is 5.17 Å². The van der Waals surface area contributed by atoms with Gasteiger partial charge in [-0.1, -0.05) is 16.9 Å². The summed E-state index contributed by atoms with van der Waals surface area (Å²) in [5.74, 6) is 1.52. The fourth-order valence-corrected chi connectivity index (χ4v) is 1.99. The Balaban J connectivity index is 2.08. The van der Waals surface area contributed by atoms with Gasteiger partial charge in [0.05, 0.1) is 11.3 Å². The van der Waals surface area contributed by atoms with Crippen LogP contribution in [0.15, 0.2) is 21.3 Å². The fraction of sp³-hybridized carbons (Fsp3) is 0.125. The van der Waals surface area contributed by atoms with E-state index < -0.39 is 0 Å². The van der Waals surface area contributed by atoms with E-state index in [4.69, 9.17) is 15.7 Å². The van der Waals surface area contributed by atoms with Crippen molar-refractivity contribution in [1.82, 2.24) is 10.1 Å². The average molecular weight is 240 g/mol. The zero-order valence-corrected chi connectivity index (χ0v) is 9.27. The van der Waals surface area contributed by atoms with Crippen molar-refractivity contribution in [3.8, 4) is 11.5 Å². The molecule has 3 N–H and O–H groups in total. The molecule has 0 amide bonds. The molecule has 5 nitrogen and oxygen atoms in total. The molecule has 0 atom stereocenters. The second-order valence-electron chi connectivity index (χ2n) is 2.68. The van der Waals surface area contributed by atoms with Crippen molar-refractivity contribution in [2.45, 2.75) is 5.75 Å². The van der Waals surface area contributed by atoms with Gasteiger partial charge in [-0.3, -0.25) is 5.41 Å². The monoisotopic (exact) mass is 240 g/mol. The maximum absolute atomic E-state index is 7.05. The molecule has 2 heterocycles. The third-order valence-corrected chi connectivity index (χ3v) is 2.99. The molecule has 0 radical (unpaired) electrons. The molecule has 0 fully saturated rings. The van der Waals surface area contributed by atoms with Gasteiger partial charge in [-0.25, -0.2) is 0 Å². The molecular weight excluding hydrogens is 232 g/mol. The molecule has 78 valence electrons. The van der Waals surface area contributed by atoms with E-state index >= 15 is 0 Å². The zero-order valence-electron chi connectivity index (χ0n) is 7.64. The SMILES string of the molecule is N=C(N)SCc1noc(-c2ccsc2)n1. The van der Waals surface area contributed by atoms with Gasteiger partial charge in [-0.2, -0.15) is 16.3 Å². The molecule has 2 aromatic heterocycles. The molecule has 0 saturated heterocycles. The smallest absolute Gasteiger partial charge is 0.258 e. The van der Waals surface area contributed by atoms with Crippen molar-refractivity contribution >= 4 is 28.3 Å². The number of rotatable bonds is 3. The molecule has 2 rings (SSSR count). The predicted octanol–water partition coefficient (Wildman–Crippen LogP) is 1.92. The Bertz CT molecular complexity index is 451. The minimum Gasteiger partial charge on any atom is -0.379 e. The summed E-state index contributed by atoms with van der Waals surface area (Å²) in [5.41, 5.74) is 6.13. The highest BCUT2D eigenvalue weighted by Crippen LogP contribution is 2.20. The standard InChI is InChI=1S/C8H8N4OS2/c9-8(10)15-4-6-11-7(13-12-6)5-1-2-14-3-5/h1-3H,4H2,(H3,9,10). The van der Waals surface area contributed by atoms with Gasteiger partial charge in [0.25, 0.3) is 5.89 Å². The van der Waals surface area contributed by atoms with Crippen molar-refractivity contribution in [2.24, 2.45) is 5.73 Å². The van der Waals surface area contributed by atoms with Gasteiger partial charge < -0.3 is 10.3 Å². The minimum absolute atomic E-state index is 0.0527. The van der Waals surface area contributed by atoms with Gasteiger partial charge in [0.2, 0.25) is 0 Å². The second kappa shape index (κ2) is 4.45. The van der Waals surface area contributed by atoms with Crippen molar-refractivity contribution in [3.05, 3.63) is 22.7 Å². The summed E-state index contributed by atoms with van der Waals surface area (Å²) >= 11 is 2.75. The van der Waals surface area contributed by atoms with Gasteiger partial charge in [-0.05, 0) is 11.4 Å². The molecule has 0 bridgehead atoms. The lowest BCUT2D eigenvalue weighted by Crippen LogP contribution is -2.04. The molecule has 0 aromatic carbocycles. The number of nitrogens with two attached hydrogens (primary N) is 1. The van der Waals surface area contributed by atoms with E-state index in [1.807, 2.05) is 16.8 Å². The normalized spacial score (nSPS) is 10.4. The van der Waals surface area contributed by atoms with E-state index in [1.165, 1.54) is 11.8 Å². The first-order chi connectivity index (χ1) is 7.25. The van der Waals surface area contributed by atoms with E-state index in [2.05, 4.69) is 10.1 Å². The van der Waals surface area contributed by atoms with Crippen molar-refractivity contribution in [3.63, 3.8) is 0 Å². The first kappa shape index (κ1) is 10.2. The van der Waals surface area contributed by atoms with Crippen LogP contribution in [0.2, 0.25) is 0 Å². The number of hydrogen-bond acceptors (Lipinski definition) is 6. The van der Waals surface area contributed by atoms with Gasteiger partial charge in [0.1, 0.15) is 0 Å². The molecule has 0 saturated carbocycles. The van der Waals surface area contributed by atoms with E-state index in [0.29, 0.717) is 17.5 Å². The summed E-state index contributed by atoms with van der Waals surface area (Å²) in [7, 11) is 0. The molecule has 2 aromatic rings. The molecule has 0 unspecified atom stereocenters. The lowest BCUT2D eigenvalue weighted by atomic mass is 10.3. The highest BCUT2D eigenvalue weighted by molar-refractivity contribution is 8.12. The summed E-state index contributed by atoms with van der Waals surface area (Å²) in [6.45, 7) is 0. The lowest BCUT2D eigenvalue weighted by Gasteiger charge is -1.90. The summed E-state index contributed by atoms with van der Waals surface area (Å²) < 4.78 is 5.06. The largest absolute Gasteiger partial charge is 0.379 e. The van der Waals surface area contributed by atoms with Crippen LogP contribution in [0.1, 0.15) is 5.82 Å². The van der Waals surface area contributed by atoms with Crippen molar-refractivity contribution < 1.29 is 4.52 Å². The number of thiophene rings is 1. The summed E-state index contributed by atoms with van der Waals surface area (Å²) in [6.07, 6.45) is 0. The molecule has 0 spiro atoms. The number of thioether (sulfide) groups is 1. The Labute approximate surface area is 94.2 Å². The number of nitrogens with one attached hydrogen (secondary N) is 1. The summed E-state index contributed by atoms with van der Waals surface area (Å²) in [4.78, 5) is 4.18. The van der Waals surface area contributed by atoms with Crippen molar-refractivity contribution in [2.75, 3.05) is 0 Å². The van der Waals surface area contributed by atoms with E-state index in [9.17, 15) is 0 Å². The third-order valence-electron chi connectivity index (χ3n) is 1.59. The van der Waals surface area contributed by atoms with E-state index in [0.717, 1.165) is 5.56 Å². The van der Waals surface area contributed by atoms with E-state index in [1.54, 1.807) is 11.3 Å². The Hall–Kier alpha value is -1.34. The van der Waals surface area contributed by atoms with Crippen LogP contribution < -0.4 is 5.73 Å². The minimum atomic E-state index is 0.0527. The quantitative estimate of drug-likeness (QED) is 0.632. The Kier molecular flexibility index (Phi) is 3.02.